The number of amides is 1. The molecule has 0 radical (unpaired) electrons. The molecule has 2 unspecified atom stereocenters. The van der Waals surface area contributed by atoms with Crippen molar-refractivity contribution in [1.82, 2.24) is 10.2 Å². The first-order valence-corrected chi connectivity index (χ1v) is 6.46. The number of rotatable bonds is 1. The third kappa shape index (κ3) is 1.81. The van der Waals surface area contributed by atoms with E-state index in [2.05, 4.69) is 5.32 Å². The van der Waals surface area contributed by atoms with Gasteiger partial charge in [0.25, 0.3) is 0 Å². The third-order valence-corrected chi connectivity index (χ3v) is 4.04. The monoisotopic (exact) mass is 248 g/mol. The Kier molecular flexibility index (Phi) is 2.82. The van der Waals surface area contributed by atoms with Crippen molar-refractivity contribution in [1.29, 1.82) is 0 Å². The van der Waals surface area contributed by atoms with Crippen LogP contribution in [0.3, 0.4) is 0 Å². The maximum absolute atomic E-state index is 13.2. The Morgan fingerprint density at radius 3 is 3.06 bits per heavy atom. The summed E-state index contributed by atoms with van der Waals surface area (Å²) in [5.74, 6) is 0.0534. The van der Waals surface area contributed by atoms with Gasteiger partial charge < -0.3 is 10.2 Å². The highest BCUT2D eigenvalue weighted by atomic mass is 19.1. The molecule has 3 nitrogen and oxygen atoms in total. The van der Waals surface area contributed by atoms with Gasteiger partial charge in [0, 0.05) is 19.5 Å². The van der Waals surface area contributed by atoms with Crippen LogP contribution in [0.2, 0.25) is 0 Å². The summed E-state index contributed by atoms with van der Waals surface area (Å²) in [6.45, 7) is 3.53. The minimum atomic E-state index is -0.202. The predicted octanol–water partition coefficient (Wildman–Crippen LogP) is 1.77. The van der Waals surface area contributed by atoms with E-state index in [-0.39, 0.29) is 23.8 Å². The van der Waals surface area contributed by atoms with Crippen LogP contribution in [0.5, 0.6) is 0 Å². The quantitative estimate of drug-likeness (QED) is 0.821. The van der Waals surface area contributed by atoms with Gasteiger partial charge in [-0.25, -0.2) is 4.39 Å². The van der Waals surface area contributed by atoms with Gasteiger partial charge in [0.05, 0.1) is 12.1 Å². The summed E-state index contributed by atoms with van der Waals surface area (Å²) in [7, 11) is 0. The zero-order chi connectivity index (χ0) is 12.7. The fourth-order valence-electron chi connectivity index (χ4n) is 3.17. The van der Waals surface area contributed by atoms with Gasteiger partial charge in [-0.05, 0) is 36.6 Å². The number of aryl methyl sites for hydroxylation is 1. The fraction of sp³-hybridized carbons (Fsp3) is 0.500. The topological polar surface area (TPSA) is 32.3 Å². The van der Waals surface area contributed by atoms with Crippen molar-refractivity contribution < 1.29 is 9.18 Å². The van der Waals surface area contributed by atoms with Gasteiger partial charge in [-0.1, -0.05) is 6.07 Å². The van der Waals surface area contributed by atoms with Crippen molar-refractivity contribution in [3.63, 3.8) is 0 Å². The standard InChI is InChI=1S/C14H17FN2O/c1-9-8-10(15)2-3-11(9)14-12-4-5-13(18)17(12)7-6-16-14/h2-3,8,12,14,16H,4-7H2,1H3. The van der Waals surface area contributed by atoms with Gasteiger partial charge in [0.2, 0.25) is 5.91 Å². The van der Waals surface area contributed by atoms with Crippen molar-refractivity contribution in [3.05, 3.63) is 35.1 Å². The molecule has 0 aliphatic carbocycles. The summed E-state index contributed by atoms with van der Waals surface area (Å²) in [4.78, 5) is 13.7. The Balaban J connectivity index is 1.93. The number of fused-ring (bicyclic) bond motifs is 1. The van der Waals surface area contributed by atoms with Crippen LogP contribution in [-0.4, -0.2) is 29.9 Å². The van der Waals surface area contributed by atoms with Crippen LogP contribution in [0.25, 0.3) is 0 Å². The first-order chi connectivity index (χ1) is 8.66. The normalized spacial score (nSPS) is 27.4. The molecule has 18 heavy (non-hydrogen) atoms. The summed E-state index contributed by atoms with van der Waals surface area (Å²) in [6.07, 6.45) is 1.54. The van der Waals surface area contributed by atoms with Crippen molar-refractivity contribution in [2.24, 2.45) is 0 Å². The second-order valence-corrected chi connectivity index (χ2v) is 5.13. The molecule has 0 spiro atoms. The number of piperazine rings is 1. The average molecular weight is 248 g/mol. The highest BCUT2D eigenvalue weighted by molar-refractivity contribution is 5.79. The summed E-state index contributed by atoms with van der Waals surface area (Å²) in [5.41, 5.74) is 2.06. The zero-order valence-electron chi connectivity index (χ0n) is 10.4. The number of hydrogen-bond donors (Lipinski definition) is 1. The van der Waals surface area contributed by atoms with E-state index in [1.165, 1.54) is 6.07 Å². The molecule has 2 fully saturated rings. The maximum atomic E-state index is 13.2. The molecule has 0 bridgehead atoms. The van der Waals surface area contributed by atoms with Crippen molar-refractivity contribution in [3.8, 4) is 0 Å². The molecule has 0 saturated carbocycles. The largest absolute Gasteiger partial charge is 0.337 e. The van der Waals surface area contributed by atoms with Crippen LogP contribution in [0.4, 0.5) is 4.39 Å². The summed E-state index contributed by atoms with van der Waals surface area (Å²) in [5, 5.41) is 3.47. The van der Waals surface area contributed by atoms with Crippen LogP contribution in [0.1, 0.15) is 30.0 Å². The number of halogens is 1. The average Bonchev–Trinajstić information content (AvgIpc) is 2.72. The van der Waals surface area contributed by atoms with E-state index in [1.807, 2.05) is 17.9 Å². The third-order valence-electron chi connectivity index (χ3n) is 4.04. The van der Waals surface area contributed by atoms with Gasteiger partial charge >= 0.3 is 0 Å². The molecule has 4 heteroatoms. The number of carbonyl (C=O) groups is 1. The zero-order valence-corrected chi connectivity index (χ0v) is 10.4. The van der Waals surface area contributed by atoms with Crippen molar-refractivity contribution in [2.45, 2.75) is 31.8 Å². The van der Waals surface area contributed by atoms with Gasteiger partial charge in [-0.3, -0.25) is 4.79 Å². The molecule has 2 heterocycles. The molecular weight excluding hydrogens is 231 g/mol. The predicted molar refractivity (Wildman–Crippen MR) is 66.6 cm³/mol. The van der Waals surface area contributed by atoms with Gasteiger partial charge in [-0.15, -0.1) is 0 Å². The van der Waals surface area contributed by atoms with Crippen LogP contribution >= 0.6 is 0 Å². The Bertz CT molecular complexity index is 489. The summed E-state index contributed by atoms with van der Waals surface area (Å²) < 4.78 is 13.2. The Hall–Kier alpha value is -1.42. The molecule has 2 atom stereocenters. The molecule has 2 aliphatic rings. The van der Waals surface area contributed by atoms with E-state index < -0.39 is 0 Å². The molecule has 1 amide bonds. The van der Waals surface area contributed by atoms with Crippen LogP contribution < -0.4 is 5.32 Å². The van der Waals surface area contributed by atoms with Crippen LogP contribution in [0.15, 0.2) is 18.2 Å². The van der Waals surface area contributed by atoms with Crippen molar-refractivity contribution >= 4 is 5.91 Å². The molecule has 3 rings (SSSR count). The van der Waals surface area contributed by atoms with E-state index >= 15 is 0 Å². The van der Waals surface area contributed by atoms with Crippen molar-refractivity contribution in [2.75, 3.05) is 13.1 Å². The first kappa shape index (κ1) is 11.7. The second-order valence-electron chi connectivity index (χ2n) is 5.13. The van der Waals surface area contributed by atoms with Gasteiger partial charge in [-0.2, -0.15) is 0 Å². The molecule has 1 aromatic carbocycles. The molecule has 0 aromatic heterocycles. The van der Waals surface area contributed by atoms with Gasteiger partial charge in [0.15, 0.2) is 0 Å². The minimum Gasteiger partial charge on any atom is -0.337 e. The highest BCUT2D eigenvalue weighted by Crippen LogP contribution is 2.33. The number of hydrogen-bond acceptors (Lipinski definition) is 2. The van der Waals surface area contributed by atoms with Gasteiger partial charge in [0.1, 0.15) is 5.82 Å². The molecule has 2 saturated heterocycles. The maximum Gasteiger partial charge on any atom is 0.223 e. The number of nitrogens with one attached hydrogen (secondary N) is 1. The van der Waals surface area contributed by atoms with Crippen LogP contribution in [-0.2, 0) is 4.79 Å². The number of benzene rings is 1. The lowest BCUT2D eigenvalue weighted by Gasteiger charge is -2.38. The fourth-order valence-corrected chi connectivity index (χ4v) is 3.17. The SMILES string of the molecule is Cc1cc(F)ccc1C1NCCN2C(=O)CCC12. The number of carbonyl (C=O) groups excluding carboxylic acids is 1. The number of nitrogens with zero attached hydrogens (tertiary/aromatic N) is 1. The molecule has 96 valence electrons. The Labute approximate surface area is 106 Å². The Morgan fingerprint density at radius 1 is 1.44 bits per heavy atom. The minimum absolute atomic E-state index is 0.144. The Morgan fingerprint density at radius 2 is 2.28 bits per heavy atom. The lowest BCUT2D eigenvalue weighted by molar-refractivity contribution is -0.130. The van der Waals surface area contributed by atoms with E-state index in [1.54, 1.807) is 6.07 Å². The van der Waals surface area contributed by atoms with E-state index in [0.717, 1.165) is 30.6 Å². The summed E-state index contributed by atoms with van der Waals surface area (Å²) >= 11 is 0. The highest BCUT2D eigenvalue weighted by Gasteiger charge is 2.39. The smallest absolute Gasteiger partial charge is 0.223 e. The summed E-state index contributed by atoms with van der Waals surface area (Å²) in [6, 6.07) is 5.28. The second kappa shape index (κ2) is 4.35. The van der Waals surface area contributed by atoms with E-state index in [4.69, 9.17) is 0 Å². The first-order valence-electron chi connectivity index (χ1n) is 6.46. The molecular formula is C14H17FN2O. The van der Waals surface area contributed by atoms with Crippen LogP contribution in [0, 0.1) is 12.7 Å². The molecule has 1 N–H and O–H groups in total. The lowest BCUT2D eigenvalue weighted by Crippen LogP contribution is -2.51. The molecule has 2 aliphatic heterocycles. The van der Waals surface area contributed by atoms with E-state index in [0.29, 0.717) is 6.42 Å². The molecule has 1 aromatic rings. The van der Waals surface area contributed by atoms with E-state index in [9.17, 15) is 9.18 Å². The lowest BCUT2D eigenvalue weighted by atomic mass is 9.92.